The number of nitrogens with zero attached hydrogens (tertiary/aromatic N) is 3. The molecular formula is C29H34F4N4O5SSi. The zero-order chi connectivity index (χ0) is 33.3. The Kier molecular flexibility index (Phi) is 10.1. The summed E-state index contributed by atoms with van der Waals surface area (Å²) in [5.41, 5.74) is -2.02. The van der Waals surface area contributed by atoms with E-state index in [-0.39, 0.29) is 33.7 Å². The molecule has 3 rings (SSSR count). The van der Waals surface area contributed by atoms with Gasteiger partial charge in [-0.2, -0.15) is 21.9 Å². The number of halogens is 4. The molecular weight excluding hydrogens is 620 g/mol. The van der Waals surface area contributed by atoms with E-state index in [0.717, 1.165) is 13.0 Å². The number of benzene rings is 1. The molecule has 3 aromatic rings. The molecule has 0 fully saturated rings. The van der Waals surface area contributed by atoms with E-state index in [1.165, 1.54) is 43.5 Å². The number of nitrogens with one attached hydrogen (secondary N) is 1. The van der Waals surface area contributed by atoms with Crippen LogP contribution >= 0.6 is 0 Å². The summed E-state index contributed by atoms with van der Waals surface area (Å²) in [6, 6.07) is 7.81. The second-order valence-electron chi connectivity index (χ2n) is 11.6. The van der Waals surface area contributed by atoms with Crippen LogP contribution in [-0.4, -0.2) is 47.2 Å². The Morgan fingerprint density at radius 1 is 1.09 bits per heavy atom. The smallest absolute Gasteiger partial charge is 0.418 e. The Hall–Kier alpha value is -3.69. The van der Waals surface area contributed by atoms with Crippen LogP contribution in [0, 0.1) is 19.8 Å². The fourth-order valence-electron chi connectivity index (χ4n) is 3.67. The molecule has 1 N–H and O–H groups in total. The van der Waals surface area contributed by atoms with Crippen LogP contribution in [0.1, 0.15) is 48.0 Å². The number of hydrogen-bond acceptors (Lipinski definition) is 7. The molecule has 1 atom stereocenters. The number of amides is 2. The Bertz CT molecular complexity index is 1710. The highest BCUT2D eigenvalue weighted by atomic mass is 32.2. The average Bonchev–Trinajstić information content (AvgIpc) is 2.87. The SMILES string of the molecule is Cc1nc(F)ccc1Oc1ncc(C(F)(F)F)c(C)c1C(=O)Nc1cccc([S@@](C)(=O)=NC(=O)CO[Si](C)(C)C(C)(C)C)c1. The average molecular weight is 655 g/mol. The van der Waals surface area contributed by atoms with Crippen molar-refractivity contribution in [2.75, 3.05) is 18.2 Å². The minimum absolute atomic E-state index is 0.0244. The monoisotopic (exact) mass is 654 g/mol. The lowest BCUT2D eigenvalue weighted by Gasteiger charge is -2.35. The van der Waals surface area contributed by atoms with Gasteiger partial charge in [-0.3, -0.25) is 9.59 Å². The van der Waals surface area contributed by atoms with Crippen molar-refractivity contribution in [2.24, 2.45) is 4.36 Å². The van der Waals surface area contributed by atoms with Gasteiger partial charge < -0.3 is 14.5 Å². The summed E-state index contributed by atoms with van der Waals surface area (Å²) in [5.74, 6) is -3.02. The molecule has 0 aliphatic rings. The number of ether oxygens (including phenoxy) is 1. The van der Waals surface area contributed by atoms with Crippen LogP contribution in [0.5, 0.6) is 11.6 Å². The van der Waals surface area contributed by atoms with Gasteiger partial charge in [-0.25, -0.2) is 14.2 Å². The summed E-state index contributed by atoms with van der Waals surface area (Å²) in [6.07, 6.45) is -3.04. The van der Waals surface area contributed by atoms with Crippen LogP contribution < -0.4 is 10.1 Å². The second-order valence-corrected chi connectivity index (χ2v) is 18.7. The Balaban J connectivity index is 1.94. The van der Waals surface area contributed by atoms with Gasteiger partial charge in [0.2, 0.25) is 11.8 Å². The van der Waals surface area contributed by atoms with Gasteiger partial charge in [0.25, 0.3) is 11.8 Å². The molecule has 2 heterocycles. The van der Waals surface area contributed by atoms with Crippen LogP contribution in [0.25, 0.3) is 0 Å². The molecule has 0 radical (unpaired) electrons. The lowest BCUT2D eigenvalue weighted by Crippen LogP contribution is -2.42. The number of carbonyl (C=O) groups excluding carboxylic acids is 2. The third kappa shape index (κ3) is 8.27. The largest absolute Gasteiger partial charge is 0.436 e. The number of anilines is 1. The zero-order valence-electron chi connectivity index (χ0n) is 25.6. The molecule has 0 aliphatic heterocycles. The summed E-state index contributed by atoms with van der Waals surface area (Å²) >= 11 is 0. The molecule has 2 amide bonds. The van der Waals surface area contributed by atoms with Gasteiger partial charge in [0.05, 0.1) is 21.0 Å². The summed E-state index contributed by atoms with van der Waals surface area (Å²) < 4.78 is 83.4. The first-order valence-corrected chi connectivity index (χ1v) is 18.1. The van der Waals surface area contributed by atoms with Crippen molar-refractivity contribution in [1.29, 1.82) is 0 Å². The van der Waals surface area contributed by atoms with Gasteiger partial charge in [-0.15, -0.1) is 0 Å². The van der Waals surface area contributed by atoms with Crippen LogP contribution in [0.4, 0.5) is 23.2 Å². The van der Waals surface area contributed by atoms with E-state index in [1.807, 2.05) is 33.9 Å². The number of carbonyl (C=O) groups is 2. The first-order chi connectivity index (χ1) is 20.1. The van der Waals surface area contributed by atoms with E-state index < -0.39 is 64.6 Å². The highest BCUT2D eigenvalue weighted by molar-refractivity contribution is 7.93. The van der Waals surface area contributed by atoms with E-state index in [9.17, 15) is 31.4 Å². The molecule has 0 spiro atoms. The third-order valence-corrected chi connectivity index (χ3v) is 13.4. The van der Waals surface area contributed by atoms with Crippen molar-refractivity contribution in [3.05, 3.63) is 70.9 Å². The summed E-state index contributed by atoms with van der Waals surface area (Å²) in [4.78, 5) is 33.4. The minimum atomic E-state index is -4.83. The second kappa shape index (κ2) is 12.7. The first-order valence-electron chi connectivity index (χ1n) is 13.3. The van der Waals surface area contributed by atoms with Crippen LogP contribution in [0.2, 0.25) is 18.1 Å². The maximum absolute atomic E-state index is 13.7. The number of aryl methyl sites for hydroxylation is 1. The molecule has 1 aromatic carbocycles. The molecule has 15 heteroatoms. The molecule has 238 valence electrons. The molecule has 0 saturated carbocycles. The summed E-state index contributed by atoms with van der Waals surface area (Å²) in [5, 5.41) is 2.33. The van der Waals surface area contributed by atoms with Crippen molar-refractivity contribution in [2.45, 2.75) is 63.8 Å². The number of rotatable bonds is 8. The molecule has 44 heavy (non-hydrogen) atoms. The van der Waals surface area contributed by atoms with Crippen molar-refractivity contribution in [3.8, 4) is 11.6 Å². The van der Waals surface area contributed by atoms with E-state index >= 15 is 0 Å². The van der Waals surface area contributed by atoms with Crippen LogP contribution in [0.3, 0.4) is 0 Å². The van der Waals surface area contributed by atoms with E-state index in [1.54, 1.807) is 0 Å². The van der Waals surface area contributed by atoms with Crippen molar-refractivity contribution in [3.63, 3.8) is 0 Å². The highest BCUT2D eigenvalue weighted by Crippen LogP contribution is 2.38. The highest BCUT2D eigenvalue weighted by Gasteiger charge is 2.38. The lowest BCUT2D eigenvalue weighted by atomic mass is 10.0. The maximum Gasteiger partial charge on any atom is 0.418 e. The van der Waals surface area contributed by atoms with Gasteiger partial charge in [0.1, 0.15) is 12.2 Å². The summed E-state index contributed by atoms with van der Waals surface area (Å²) in [6.45, 7) is 12.1. The molecule has 9 nitrogen and oxygen atoms in total. The molecule has 2 aromatic heterocycles. The van der Waals surface area contributed by atoms with Gasteiger partial charge in [-0.1, -0.05) is 26.8 Å². The minimum Gasteiger partial charge on any atom is -0.436 e. The molecule has 0 bridgehead atoms. The Morgan fingerprint density at radius 2 is 1.75 bits per heavy atom. The van der Waals surface area contributed by atoms with Crippen LogP contribution in [-0.2, 0) is 25.1 Å². The van der Waals surface area contributed by atoms with Gasteiger partial charge in [0, 0.05) is 23.0 Å². The van der Waals surface area contributed by atoms with Crippen LogP contribution in [0.15, 0.2) is 51.9 Å². The number of hydrogen-bond donors (Lipinski definition) is 1. The van der Waals surface area contributed by atoms with E-state index in [0.29, 0.717) is 6.20 Å². The van der Waals surface area contributed by atoms with Crippen molar-refractivity contribution < 1.29 is 40.5 Å². The fourth-order valence-corrected chi connectivity index (χ4v) is 5.82. The summed E-state index contributed by atoms with van der Waals surface area (Å²) in [7, 11) is -5.56. The van der Waals surface area contributed by atoms with Crippen molar-refractivity contribution in [1.82, 2.24) is 9.97 Å². The molecule has 0 aliphatic carbocycles. The fraction of sp³-hybridized carbons (Fsp3) is 0.379. The lowest BCUT2D eigenvalue weighted by molar-refractivity contribution is -0.138. The first kappa shape index (κ1) is 34.8. The van der Waals surface area contributed by atoms with E-state index in [4.69, 9.17) is 9.16 Å². The van der Waals surface area contributed by atoms with E-state index in [2.05, 4.69) is 19.6 Å². The molecule has 0 unspecified atom stereocenters. The predicted octanol–water partition coefficient (Wildman–Crippen LogP) is 7.30. The number of aromatic nitrogens is 2. The quantitative estimate of drug-likeness (QED) is 0.154. The predicted molar refractivity (Wildman–Crippen MR) is 160 cm³/mol. The van der Waals surface area contributed by atoms with Crippen molar-refractivity contribution >= 4 is 35.5 Å². The Labute approximate surface area is 254 Å². The van der Waals surface area contributed by atoms with Gasteiger partial charge in [-0.05, 0) is 67.9 Å². The number of pyridine rings is 2. The standard InChI is InChI=1S/C29H34F4N4O5SSi/c1-17-21(29(31,32)33)15-34-27(42-22-12-13-23(30)35-18(22)2)25(17)26(39)36-19-10-9-11-20(14-19)43(6,40)37-24(38)16-41-44(7,8)28(3,4)5/h9-15H,16H2,1-8H3,(H,36,39)/t43-/m1/s1. The molecule has 0 saturated heterocycles. The third-order valence-electron chi connectivity index (χ3n) is 7.21. The number of alkyl halides is 3. The maximum atomic E-state index is 13.7. The normalized spacial score (nSPS) is 13.6. The topological polar surface area (TPSA) is 120 Å². The van der Waals surface area contributed by atoms with Gasteiger partial charge in [0.15, 0.2) is 14.1 Å². The zero-order valence-corrected chi connectivity index (χ0v) is 27.4. The Morgan fingerprint density at radius 3 is 2.34 bits per heavy atom. The van der Waals surface area contributed by atoms with Gasteiger partial charge >= 0.3 is 6.18 Å².